The zero-order valence-corrected chi connectivity index (χ0v) is 9.97. The van der Waals surface area contributed by atoms with Crippen LogP contribution in [0.1, 0.15) is 17.9 Å². The van der Waals surface area contributed by atoms with E-state index in [1.165, 1.54) is 0 Å². The van der Waals surface area contributed by atoms with Crippen LogP contribution in [0, 0.1) is 0 Å². The minimum Gasteiger partial charge on any atom is -0.497 e. The standard InChI is InChI=1S/C13H16O4/c1-4-9(7-13(14)15)11-6-5-10(16-2)8-12(11)17-3/h4-6,8-9H,1,7H2,2-3H3,(H,14,15). The average Bonchev–Trinajstić information content (AvgIpc) is 2.35. The molecule has 0 aliphatic rings. The summed E-state index contributed by atoms with van der Waals surface area (Å²) in [5, 5.41) is 8.83. The highest BCUT2D eigenvalue weighted by atomic mass is 16.5. The Balaban J connectivity index is 3.09. The van der Waals surface area contributed by atoms with E-state index in [9.17, 15) is 4.79 Å². The molecule has 4 heteroatoms. The monoisotopic (exact) mass is 236 g/mol. The lowest BCUT2D eigenvalue weighted by Gasteiger charge is -2.15. The molecule has 1 aromatic rings. The van der Waals surface area contributed by atoms with Crippen LogP contribution < -0.4 is 9.47 Å². The number of aliphatic carboxylic acids is 1. The minimum absolute atomic E-state index is 0.00775. The zero-order valence-electron chi connectivity index (χ0n) is 9.97. The molecule has 0 spiro atoms. The summed E-state index contributed by atoms with van der Waals surface area (Å²) >= 11 is 0. The van der Waals surface area contributed by atoms with Gasteiger partial charge in [-0.3, -0.25) is 4.79 Å². The van der Waals surface area contributed by atoms with Gasteiger partial charge in [-0.25, -0.2) is 0 Å². The summed E-state index contributed by atoms with van der Waals surface area (Å²) in [7, 11) is 3.11. The molecular weight excluding hydrogens is 220 g/mol. The third kappa shape index (κ3) is 3.24. The van der Waals surface area contributed by atoms with Gasteiger partial charge in [-0.2, -0.15) is 0 Å². The molecule has 0 bridgehead atoms. The van der Waals surface area contributed by atoms with Crippen LogP contribution in [0.15, 0.2) is 30.9 Å². The summed E-state index contributed by atoms with van der Waals surface area (Å²) in [6.07, 6.45) is 1.60. The molecule has 0 radical (unpaired) electrons. The first-order chi connectivity index (χ1) is 8.12. The molecule has 0 aromatic heterocycles. The third-order valence-corrected chi connectivity index (χ3v) is 2.52. The van der Waals surface area contributed by atoms with Gasteiger partial charge in [0.05, 0.1) is 20.6 Å². The summed E-state index contributed by atoms with van der Waals surface area (Å²) in [6.45, 7) is 3.66. The highest BCUT2D eigenvalue weighted by molar-refractivity contribution is 5.69. The van der Waals surface area contributed by atoms with Crippen molar-refractivity contribution in [1.82, 2.24) is 0 Å². The normalized spacial score (nSPS) is 11.6. The van der Waals surface area contributed by atoms with Crippen LogP contribution in [0.4, 0.5) is 0 Å². The molecule has 1 N–H and O–H groups in total. The minimum atomic E-state index is -0.868. The number of ether oxygens (including phenoxy) is 2. The Bertz CT molecular complexity index is 412. The van der Waals surface area contributed by atoms with E-state index in [-0.39, 0.29) is 12.3 Å². The summed E-state index contributed by atoms with van der Waals surface area (Å²) in [4.78, 5) is 10.8. The van der Waals surface area contributed by atoms with Crippen LogP contribution in [-0.2, 0) is 4.79 Å². The van der Waals surface area contributed by atoms with Gasteiger partial charge in [0, 0.05) is 17.5 Å². The molecule has 0 saturated heterocycles. The van der Waals surface area contributed by atoms with Crippen molar-refractivity contribution in [2.75, 3.05) is 14.2 Å². The van der Waals surface area contributed by atoms with Crippen molar-refractivity contribution in [3.63, 3.8) is 0 Å². The van der Waals surface area contributed by atoms with Crippen molar-refractivity contribution in [3.8, 4) is 11.5 Å². The highest BCUT2D eigenvalue weighted by Gasteiger charge is 2.16. The molecule has 1 rings (SSSR count). The van der Waals surface area contributed by atoms with Crippen LogP contribution in [0.25, 0.3) is 0 Å². The van der Waals surface area contributed by atoms with Crippen LogP contribution in [0.3, 0.4) is 0 Å². The molecule has 92 valence electrons. The van der Waals surface area contributed by atoms with Gasteiger partial charge in [-0.05, 0) is 6.07 Å². The quantitative estimate of drug-likeness (QED) is 0.771. The van der Waals surface area contributed by atoms with Gasteiger partial charge in [-0.15, -0.1) is 6.58 Å². The molecule has 1 atom stereocenters. The van der Waals surface area contributed by atoms with Crippen LogP contribution in [0.2, 0.25) is 0 Å². The number of benzene rings is 1. The summed E-state index contributed by atoms with van der Waals surface area (Å²) in [5.41, 5.74) is 0.797. The number of carboxylic acid groups (broad SMARTS) is 1. The van der Waals surface area contributed by atoms with E-state index in [4.69, 9.17) is 14.6 Å². The van der Waals surface area contributed by atoms with Crippen molar-refractivity contribution in [2.24, 2.45) is 0 Å². The van der Waals surface area contributed by atoms with Gasteiger partial charge in [-0.1, -0.05) is 12.1 Å². The lowest BCUT2D eigenvalue weighted by atomic mass is 9.95. The molecule has 1 unspecified atom stereocenters. The van der Waals surface area contributed by atoms with Gasteiger partial charge in [0.25, 0.3) is 0 Å². The molecule has 0 saturated carbocycles. The van der Waals surface area contributed by atoms with Crippen molar-refractivity contribution < 1.29 is 19.4 Å². The number of allylic oxidation sites excluding steroid dienone is 1. The van der Waals surface area contributed by atoms with Gasteiger partial charge in [0.1, 0.15) is 11.5 Å². The maximum atomic E-state index is 10.8. The fourth-order valence-corrected chi connectivity index (χ4v) is 1.63. The van der Waals surface area contributed by atoms with Crippen LogP contribution in [-0.4, -0.2) is 25.3 Å². The molecule has 0 aliphatic carbocycles. The lowest BCUT2D eigenvalue weighted by molar-refractivity contribution is -0.137. The van der Waals surface area contributed by atoms with Gasteiger partial charge in [0.2, 0.25) is 0 Å². The SMILES string of the molecule is C=CC(CC(=O)O)c1ccc(OC)cc1OC. The Morgan fingerprint density at radius 2 is 2.18 bits per heavy atom. The van der Waals surface area contributed by atoms with Crippen LogP contribution >= 0.6 is 0 Å². The fraction of sp³-hybridized carbons (Fsp3) is 0.308. The number of carboxylic acids is 1. The number of methoxy groups -OCH3 is 2. The molecule has 0 amide bonds. The lowest BCUT2D eigenvalue weighted by Crippen LogP contribution is -2.05. The Hall–Kier alpha value is -1.97. The second-order valence-electron chi connectivity index (χ2n) is 3.55. The second kappa shape index (κ2) is 5.94. The first-order valence-electron chi connectivity index (χ1n) is 5.18. The summed E-state index contributed by atoms with van der Waals surface area (Å²) in [6, 6.07) is 5.30. The molecule has 1 aromatic carbocycles. The third-order valence-electron chi connectivity index (χ3n) is 2.52. The maximum Gasteiger partial charge on any atom is 0.304 e. The number of hydrogen-bond acceptors (Lipinski definition) is 3. The largest absolute Gasteiger partial charge is 0.497 e. The Morgan fingerprint density at radius 1 is 1.47 bits per heavy atom. The molecule has 0 fully saturated rings. The Kier molecular flexibility index (Phi) is 4.57. The predicted molar refractivity (Wildman–Crippen MR) is 64.7 cm³/mol. The predicted octanol–water partition coefficient (Wildman–Crippen LogP) is 2.45. The number of carbonyl (C=O) groups is 1. The van der Waals surface area contributed by atoms with Crippen molar-refractivity contribution in [1.29, 1.82) is 0 Å². The van der Waals surface area contributed by atoms with Gasteiger partial charge in [0.15, 0.2) is 0 Å². The van der Waals surface area contributed by atoms with E-state index >= 15 is 0 Å². The van der Waals surface area contributed by atoms with E-state index in [0.29, 0.717) is 11.5 Å². The molecule has 0 heterocycles. The van der Waals surface area contributed by atoms with E-state index in [0.717, 1.165) is 5.56 Å². The van der Waals surface area contributed by atoms with E-state index in [2.05, 4.69) is 6.58 Å². The molecule has 4 nitrogen and oxygen atoms in total. The maximum absolute atomic E-state index is 10.8. The van der Waals surface area contributed by atoms with Crippen molar-refractivity contribution >= 4 is 5.97 Å². The smallest absolute Gasteiger partial charge is 0.304 e. The van der Waals surface area contributed by atoms with Gasteiger partial charge >= 0.3 is 5.97 Å². The molecule has 0 aliphatic heterocycles. The first-order valence-corrected chi connectivity index (χ1v) is 5.18. The van der Waals surface area contributed by atoms with E-state index < -0.39 is 5.97 Å². The molecular formula is C13H16O4. The zero-order chi connectivity index (χ0) is 12.8. The second-order valence-corrected chi connectivity index (χ2v) is 3.55. The number of hydrogen-bond donors (Lipinski definition) is 1. The van der Waals surface area contributed by atoms with E-state index in [1.807, 2.05) is 0 Å². The topological polar surface area (TPSA) is 55.8 Å². The number of rotatable bonds is 6. The van der Waals surface area contributed by atoms with Crippen molar-refractivity contribution in [2.45, 2.75) is 12.3 Å². The average molecular weight is 236 g/mol. The molecule has 17 heavy (non-hydrogen) atoms. The van der Waals surface area contributed by atoms with Crippen LogP contribution in [0.5, 0.6) is 11.5 Å². The van der Waals surface area contributed by atoms with Gasteiger partial charge < -0.3 is 14.6 Å². The summed E-state index contributed by atoms with van der Waals surface area (Å²) in [5.74, 6) is 0.139. The first kappa shape index (κ1) is 13.1. The van der Waals surface area contributed by atoms with E-state index in [1.54, 1.807) is 38.5 Å². The highest BCUT2D eigenvalue weighted by Crippen LogP contribution is 2.32. The van der Waals surface area contributed by atoms with Crippen molar-refractivity contribution in [3.05, 3.63) is 36.4 Å². The fourth-order valence-electron chi connectivity index (χ4n) is 1.63. The summed E-state index contributed by atoms with van der Waals surface area (Å²) < 4.78 is 10.3. The Morgan fingerprint density at radius 3 is 2.65 bits per heavy atom. The Labute approximate surface area is 100 Å².